The number of hydrogen-bond acceptors (Lipinski definition) is 3. The highest BCUT2D eigenvalue weighted by atomic mass is 35.5. The first-order valence-electron chi connectivity index (χ1n) is 8.59. The molecule has 3 aromatic rings. The van der Waals surface area contributed by atoms with E-state index in [0.29, 0.717) is 21.8 Å². The van der Waals surface area contributed by atoms with Gasteiger partial charge >= 0.3 is 0 Å². The highest BCUT2D eigenvalue weighted by Crippen LogP contribution is 2.33. The predicted molar refractivity (Wildman–Crippen MR) is 106 cm³/mol. The Labute approximate surface area is 157 Å². The van der Waals surface area contributed by atoms with Crippen LogP contribution in [0, 0.1) is 5.92 Å². The van der Waals surface area contributed by atoms with Gasteiger partial charge in [0.2, 0.25) is 0 Å². The molecule has 0 saturated carbocycles. The summed E-state index contributed by atoms with van der Waals surface area (Å²) >= 11 is 12.4. The van der Waals surface area contributed by atoms with Crippen molar-refractivity contribution in [3.63, 3.8) is 0 Å². The molecule has 2 aromatic carbocycles. The van der Waals surface area contributed by atoms with E-state index in [1.165, 1.54) is 12.8 Å². The standard InChI is InChI=1S/C20H19Cl2N3/c1-13-5-4-10-25(12-13)20-16-6-2-3-7-18(16)23-19(24-20)15-9-8-14(21)11-17(15)22/h2-3,6-9,11,13H,4-5,10,12H2,1H3. The average molecular weight is 372 g/mol. The van der Waals surface area contributed by atoms with E-state index in [1.807, 2.05) is 30.3 Å². The van der Waals surface area contributed by atoms with Crippen LogP contribution in [0.1, 0.15) is 19.8 Å². The average Bonchev–Trinajstić information content (AvgIpc) is 2.61. The molecule has 4 rings (SSSR count). The van der Waals surface area contributed by atoms with Gasteiger partial charge in [0.1, 0.15) is 5.82 Å². The number of anilines is 1. The van der Waals surface area contributed by atoms with Crippen LogP contribution < -0.4 is 4.90 Å². The lowest BCUT2D eigenvalue weighted by Crippen LogP contribution is -2.35. The molecular formula is C20H19Cl2N3. The summed E-state index contributed by atoms with van der Waals surface area (Å²) < 4.78 is 0. The van der Waals surface area contributed by atoms with E-state index in [2.05, 4.69) is 17.9 Å². The van der Waals surface area contributed by atoms with Gasteiger partial charge in [-0.15, -0.1) is 0 Å². The Hall–Kier alpha value is -1.84. The fraction of sp³-hybridized carbons (Fsp3) is 0.300. The molecule has 128 valence electrons. The van der Waals surface area contributed by atoms with Crippen molar-refractivity contribution in [3.8, 4) is 11.4 Å². The zero-order valence-corrected chi connectivity index (χ0v) is 15.6. The number of fused-ring (bicyclic) bond motifs is 1. The highest BCUT2D eigenvalue weighted by molar-refractivity contribution is 6.36. The van der Waals surface area contributed by atoms with Gasteiger partial charge in [0.15, 0.2) is 5.82 Å². The molecule has 1 unspecified atom stereocenters. The summed E-state index contributed by atoms with van der Waals surface area (Å²) in [5.74, 6) is 2.32. The lowest BCUT2D eigenvalue weighted by Gasteiger charge is -2.32. The molecule has 1 saturated heterocycles. The van der Waals surface area contributed by atoms with E-state index in [4.69, 9.17) is 33.2 Å². The van der Waals surface area contributed by atoms with Crippen LogP contribution in [0.15, 0.2) is 42.5 Å². The quantitative estimate of drug-likeness (QED) is 0.566. The maximum absolute atomic E-state index is 6.40. The number of hydrogen-bond donors (Lipinski definition) is 0. The van der Waals surface area contributed by atoms with Gasteiger partial charge in [-0.1, -0.05) is 42.3 Å². The Bertz CT molecular complexity index is 926. The number of benzene rings is 2. The van der Waals surface area contributed by atoms with E-state index in [9.17, 15) is 0 Å². The van der Waals surface area contributed by atoms with Gasteiger partial charge in [0, 0.05) is 29.1 Å². The Morgan fingerprint density at radius 2 is 1.92 bits per heavy atom. The number of rotatable bonds is 2. The van der Waals surface area contributed by atoms with Crippen molar-refractivity contribution in [2.75, 3.05) is 18.0 Å². The van der Waals surface area contributed by atoms with Crippen LogP contribution in [0.2, 0.25) is 10.0 Å². The number of nitrogens with zero attached hydrogens (tertiary/aromatic N) is 3. The molecule has 1 fully saturated rings. The van der Waals surface area contributed by atoms with Gasteiger partial charge in [0.05, 0.1) is 10.5 Å². The first-order chi connectivity index (χ1) is 12.1. The molecule has 1 aromatic heterocycles. The number of para-hydroxylation sites is 1. The summed E-state index contributed by atoms with van der Waals surface area (Å²) in [6.45, 7) is 4.35. The Morgan fingerprint density at radius 3 is 2.72 bits per heavy atom. The van der Waals surface area contributed by atoms with E-state index in [0.717, 1.165) is 35.4 Å². The van der Waals surface area contributed by atoms with Gasteiger partial charge in [-0.05, 0) is 49.1 Å². The van der Waals surface area contributed by atoms with E-state index in [-0.39, 0.29) is 0 Å². The fourth-order valence-electron chi connectivity index (χ4n) is 3.47. The summed E-state index contributed by atoms with van der Waals surface area (Å²) in [4.78, 5) is 12.0. The zero-order chi connectivity index (χ0) is 17.4. The second-order valence-electron chi connectivity index (χ2n) is 6.71. The zero-order valence-electron chi connectivity index (χ0n) is 14.0. The van der Waals surface area contributed by atoms with Crippen LogP contribution in [-0.2, 0) is 0 Å². The van der Waals surface area contributed by atoms with Gasteiger partial charge in [-0.2, -0.15) is 0 Å². The molecular weight excluding hydrogens is 353 g/mol. The third-order valence-corrected chi connectivity index (χ3v) is 5.26. The molecule has 1 atom stereocenters. The van der Waals surface area contributed by atoms with Gasteiger partial charge in [-0.25, -0.2) is 9.97 Å². The molecule has 25 heavy (non-hydrogen) atoms. The molecule has 0 radical (unpaired) electrons. The van der Waals surface area contributed by atoms with Crippen LogP contribution in [0.3, 0.4) is 0 Å². The number of piperidine rings is 1. The minimum Gasteiger partial charge on any atom is -0.356 e. The normalized spacial score (nSPS) is 17.9. The summed E-state index contributed by atoms with van der Waals surface area (Å²) in [6, 6.07) is 13.6. The van der Waals surface area contributed by atoms with Crippen molar-refractivity contribution in [3.05, 3.63) is 52.5 Å². The van der Waals surface area contributed by atoms with Crippen LogP contribution in [0.4, 0.5) is 5.82 Å². The monoisotopic (exact) mass is 371 g/mol. The molecule has 1 aliphatic heterocycles. The van der Waals surface area contributed by atoms with Crippen molar-refractivity contribution >= 4 is 39.9 Å². The molecule has 1 aliphatic rings. The second kappa shape index (κ2) is 6.81. The van der Waals surface area contributed by atoms with Gasteiger partial charge < -0.3 is 4.90 Å². The van der Waals surface area contributed by atoms with Crippen molar-refractivity contribution < 1.29 is 0 Å². The predicted octanol–water partition coefficient (Wildman–Crippen LogP) is 5.84. The second-order valence-corrected chi connectivity index (χ2v) is 7.55. The van der Waals surface area contributed by atoms with E-state index in [1.54, 1.807) is 6.07 Å². The van der Waals surface area contributed by atoms with Crippen molar-refractivity contribution in [1.82, 2.24) is 9.97 Å². The molecule has 5 heteroatoms. The number of halogens is 2. The number of aromatic nitrogens is 2. The smallest absolute Gasteiger partial charge is 0.163 e. The first-order valence-corrected chi connectivity index (χ1v) is 9.34. The summed E-state index contributed by atoms with van der Waals surface area (Å²) in [7, 11) is 0. The lowest BCUT2D eigenvalue weighted by molar-refractivity contribution is 0.445. The van der Waals surface area contributed by atoms with Crippen molar-refractivity contribution in [2.45, 2.75) is 19.8 Å². The largest absolute Gasteiger partial charge is 0.356 e. The fourth-order valence-corrected chi connectivity index (χ4v) is 3.97. The third kappa shape index (κ3) is 3.31. The Morgan fingerprint density at radius 1 is 1.08 bits per heavy atom. The van der Waals surface area contributed by atoms with Gasteiger partial charge in [-0.3, -0.25) is 0 Å². The maximum atomic E-state index is 6.40. The molecule has 2 heterocycles. The van der Waals surface area contributed by atoms with Crippen LogP contribution >= 0.6 is 23.2 Å². The van der Waals surface area contributed by atoms with Crippen LogP contribution in [0.5, 0.6) is 0 Å². The Balaban J connectivity index is 1.89. The molecule has 0 aliphatic carbocycles. The van der Waals surface area contributed by atoms with E-state index >= 15 is 0 Å². The van der Waals surface area contributed by atoms with Crippen LogP contribution in [-0.4, -0.2) is 23.1 Å². The summed E-state index contributed by atoms with van der Waals surface area (Å²) in [6.07, 6.45) is 2.46. The van der Waals surface area contributed by atoms with Gasteiger partial charge in [0.25, 0.3) is 0 Å². The Kier molecular flexibility index (Phi) is 4.53. The van der Waals surface area contributed by atoms with Crippen molar-refractivity contribution in [1.29, 1.82) is 0 Å². The SMILES string of the molecule is CC1CCCN(c2nc(-c3ccc(Cl)cc3Cl)nc3ccccc23)C1. The minimum atomic E-state index is 0.570. The third-order valence-electron chi connectivity index (χ3n) is 4.71. The van der Waals surface area contributed by atoms with Crippen LogP contribution in [0.25, 0.3) is 22.3 Å². The molecule has 0 bridgehead atoms. The topological polar surface area (TPSA) is 29.0 Å². The molecule has 0 N–H and O–H groups in total. The lowest BCUT2D eigenvalue weighted by atomic mass is 10.00. The summed E-state index contributed by atoms with van der Waals surface area (Å²) in [5.41, 5.74) is 1.75. The first kappa shape index (κ1) is 16.6. The molecule has 0 amide bonds. The minimum absolute atomic E-state index is 0.570. The molecule has 3 nitrogen and oxygen atoms in total. The van der Waals surface area contributed by atoms with Crippen molar-refractivity contribution in [2.24, 2.45) is 5.92 Å². The molecule has 0 spiro atoms. The van der Waals surface area contributed by atoms with E-state index < -0.39 is 0 Å². The summed E-state index contributed by atoms with van der Waals surface area (Å²) in [5, 5.41) is 2.27. The highest BCUT2D eigenvalue weighted by Gasteiger charge is 2.21. The maximum Gasteiger partial charge on any atom is 0.163 e.